The highest BCUT2D eigenvalue weighted by molar-refractivity contribution is 5.89. The first kappa shape index (κ1) is 18.2. The molecule has 0 aliphatic rings. The number of fused-ring (bicyclic) bond motifs is 1. The highest BCUT2D eigenvalue weighted by Crippen LogP contribution is 2.44. The molecule has 0 radical (unpaired) electrons. The summed E-state index contributed by atoms with van der Waals surface area (Å²) < 4.78 is 26.6. The second kappa shape index (κ2) is 6.99. The van der Waals surface area contributed by atoms with Crippen LogP contribution < -0.4 is 24.4 Å². The minimum absolute atomic E-state index is 0.0500. The van der Waals surface area contributed by atoms with Gasteiger partial charge in [0.1, 0.15) is 5.75 Å². The fourth-order valence-corrected chi connectivity index (χ4v) is 2.82. The topological polar surface area (TPSA) is 108 Å². The maximum atomic E-state index is 12.9. The van der Waals surface area contributed by atoms with E-state index in [1.54, 1.807) is 6.07 Å². The van der Waals surface area contributed by atoms with Crippen LogP contribution >= 0.6 is 0 Å². The van der Waals surface area contributed by atoms with E-state index >= 15 is 0 Å². The molecule has 2 N–H and O–H groups in total. The Morgan fingerprint density at radius 2 is 1.48 bits per heavy atom. The molecule has 0 saturated carbocycles. The smallest absolute Gasteiger partial charge is 0.235 e. The van der Waals surface area contributed by atoms with Gasteiger partial charge in [0.25, 0.3) is 0 Å². The summed E-state index contributed by atoms with van der Waals surface area (Å²) in [7, 11) is 5.53. The van der Waals surface area contributed by atoms with Crippen LogP contribution in [0.3, 0.4) is 0 Å². The van der Waals surface area contributed by atoms with Gasteiger partial charge in [0, 0.05) is 6.07 Å². The Bertz CT molecular complexity index is 1070. The summed E-state index contributed by atoms with van der Waals surface area (Å²) in [6.45, 7) is 0. The summed E-state index contributed by atoms with van der Waals surface area (Å²) >= 11 is 0. The van der Waals surface area contributed by atoms with Crippen LogP contribution in [-0.4, -0.2) is 38.7 Å². The lowest BCUT2D eigenvalue weighted by Gasteiger charge is -2.14. The van der Waals surface area contributed by atoms with Gasteiger partial charge < -0.3 is 33.6 Å². The molecular weight excluding hydrogens is 356 g/mol. The summed E-state index contributed by atoms with van der Waals surface area (Å²) in [5.74, 6) is -0.0662. The number of hydrogen-bond acceptors (Lipinski definition) is 8. The van der Waals surface area contributed by atoms with Crippen LogP contribution in [0.2, 0.25) is 0 Å². The van der Waals surface area contributed by atoms with Gasteiger partial charge in [-0.25, -0.2) is 0 Å². The molecule has 0 spiro atoms. The summed E-state index contributed by atoms with van der Waals surface area (Å²) in [5, 5.41) is 20.6. The zero-order valence-electron chi connectivity index (χ0n) is 15.2. The summed E-state index contributed by atoms with van der Waals surface area (Å²) in [5.41, 5.74) is -0.300. The zero-order valence-corrected chi connectivity index (χ0v) is 15.2. The van der Waals surface area contributed by atoms with E-state index in [0.29, 0.717) is 5.75 Å². The SMILES string of the molecule is COc1cc(O)c(-c2oc3c(OC)c(OC)ccc3c(=O)c2OC)cc1O. The van der Waals surface area contributed by atoms with Gasteiger partial charge in [0.15, 0.2) is 28.6 Å². The van der Waals surface area contributed by atoms with Gasteiger partial charge in [-0.2, -0.15) is 0 Å². The third-order valence-electron chi connectivity index (χ3n) is 4.11. The molecule has 3 rings (SSSR count). The van der Waals surface area contributed by atoms with Crippen LogP contribution in [0, 0.1) is 0 Å². The Kier molecular flexibility index (Phi) is 4.72. The molecular formula is C19H18O8. The van der Waals surface area contributed by atoms with E-state index in [-0.39, 0.29) is 51.0 Å². The van der Waals surface area contributed by atoms with Crippen molar-refractivity contribution in [2.45, 2.75) is 0 Å². The van der Waals surface area contributed by atoms with Crippen molar-refractivity contribution in [2.75, 3.05) is 28.4 Å². The predicted molar refractivity (Wildman–Crippen MR) is 97.5 cm³/mol. The molecule has 8 heteroatoms. The Morgan fingerprint density at radius 3 is 2.07 bits per heavy atom. The molecule has 0 fully saturated rings. The van der Waals surface area contributed by atoms with Gasteiger partial charge in [-0.3, -0.25) is 4.79 Å². The summed E-state index contributed by atoms with van der Waals surface area (Å²) in [4.78, 5) is 12.9. The van der Waals surface area contributed by atoms with Crippen LogP contribution in [0.5, 0.6) is 34.5 Å². The molecule has 0 unspecified atom stereocenters. The molecule has 0 bridgehead atoms. The molecule has 3 aromatic rings. The fourth-order valence-electron chi connectivity index (χ4n) is 2.82. The van der Waals surface area contributed by atoms with Crippen LogP contribution in [0.4, 0.5) is 0 Å². The average Bonchev–Trinajstić information content (AvgIpc) is 2.68. The maximum absolute atomic E-state index is 12.9. The van der Waals surface area contributed by atoms with E-state index in [9.17, 15) is 15.0 Å². The third kappa shape index (κ3) is 2.84. The molecule has 1 heterocycles. The van der Waals surface area contributed by atoms with Crippen LogP contribution in [0.15, 0.2) is 33.5 Å². The largest absolute Gasteiger partial charge is 0.507 e. The summed E-state index contributed by atoms with van der Waals surface area (Å²) in [6.07, 6.45) is 0. The van der Waals surface area contributed by atoms with E-state index < -0.39 is 5.43 Å². The number of hydrogen-bond donors (Lipinski definition) is 2. The quantitative estimate of drug-likeness (QED) is 0.657. The first-order chi connectivity index (χ1) is 13.0. The van der Waals surface area contributed by atoms with Gasteiger partial charge in [-0.05, 0) is 18.2 Å². The van der Waals surface area contributed by atoms with E-state index in [0.717, 1.165) is 0 Å². The van der Waals surface area contributed by atoms with Crippen molar-refractivity contribution >= 4 is 11.0 Å². The van der Waals surface area contributed by atoms with E-state index in [1.807, 2.05) is 0 Å². The molecule has 0 amide bonds. The first-order valence-corrected chi connectivity index (χ1v) is 7.82. The van der Waals surface area contributed by atoms with Gasteiger partial charge >= 0.3 is 0 Å². The molecule has 142 valence electrons. The standard InChI is InChI=1S/C19H18O8/c1-23-13-6-5-9-15(22)19(26-4)17(27-16(9)18(13)25-3)10-7-12(21)14(24-2)8-11(10)20/h5-8,20-21H,1-4H3. The lowest BCUT2D eigenvalue weighted by molar-refractivity contribution is 0.351. The van der Waals surface area contributed by atoms with Crippen molar-refractivity contribution in [1.82, 2.24) is 0 Å². The Morgan fingerprint density at radius 1 is 0.815 bits per heavy atom. The minimum atomic E-state index is -0.468. The normalized spacial score (nSPS) is 10.7. The number of aromatic hydroxyl groups is 2. The van der Waals surface area contributed by atoms with Crippen molar-refractivity contribution in [2.24, 2.45) is 0 Å². The maximum Gasteiger partial charge on any atom is 0.235 e. The molecule has 1 aromatic heterocycles. The molecule has 27 heavy (non-hydrogen) atoms. The third-order valence-corrected chi connectivity index (χ3v) is 4.11. The Balaban J connectivity index is 2.43. The molecule has 0 aliphatic carbocycles. The zero-order chi connectivity index (χ0) is 19.7. The van der Waals surface area contributed by atoms with Gasteiger partial charge in [-0.1, -0.05) is 0 Å². The summed E-state index contributed by atoms with van der Waals surface area (Å²) in [6, 6.07) is 5.53. The average molecular weight is 374 g/mol. The van der Waals surface area contributed by atoms with E-state index in [4.69, 9.17) is 23.4 Å². The molecule has 2 aromatic carbocycles. The molecule has 0 aliphatic heterocycles. The lowest BCUT2D eigenvalue weighted by atomic mass is 10.1. The second-order valence-electron chi connectivity index (χ2n) is 5.51. The molecule has 0 saturated heterocycles. The minimum Gasteiger partial charge on any atom is -0.507 e. The number of ether oxygens (including phenoxy) is 4. The number of phenols is 2. The molecule has 0 atom stereocenters. The Labute approximate surface area is 154 Å². The first-order valence-electron chi connectivity index (χ1n) is 7.82. The van der Waals surface area contributed by atoms with Crippen molar-refractivity contribution in [1.29, 1.82) is 0 Å². The van der Waals surface area contributed by atoms with E-state index in [1.165, 1.54) is 46.6 Å². The van der Waals surface area contributed by atoms with Crippen molar-refractivity contribution < 1.29 is 33.6 Å². The number of methoxy groups -OCH3 is 4. The van der Waals surface area contributed by atoms with Crippen molar-refractivity contribution in [3.8, 4) is 45.8 Å². The van der Waals surface area contributed by atoms with E-state index in [2.05, 4.69) is 0 Å². The van der Waals surface area contributed by atoms with Crippen LogP contribution in [0.25, 0.3) is 22.3 Å². The van der Waals surface area contributed by atoms with Crippen LogP contribution in [-0.2, 0) is 0 Å². The Hall–Kier alpha value is -3.55. The van der Waals surface area contributed by atoms with Crippen molar-refractivity contribution in [3.63, 3.8) is 0 Å². The van der Waals surface area contributed by atoms with Crippen LogP contribution in [0.1, 0.15) is 0 Å². The number of phenolic OH excluding ortho intramolecular Hbond substituents is 2. The fraction of sp³-hybridized carbons (Fsp3) is 0.211. The molecule has 8 nitrogen and oxygen atoms in total. The monoisotopic (exact) mass is 374 g/mol. The van der Waals surface area contributed by atoms with Gasteiger partial charge in [-0.15, -0.1) is 0 Å². The predicted octanol–water partition coefficient (Wildman–Crippen LogP) is 2.91. The van der Waals surface area contributed by atoms with Gasteiger partial charge in [0.2, 0.25) is 16.9 Å². The highest BCUT2D eigenvalue weighted by atomic mass is 16.5. The number of benzene rings is 2. The lowest BCUT2D eigenvalue weighted by Crippen LogP contribution is -2.08. The van der Waals surface area contributed by atoms with Crippen molar-refractivity contribution in [3.05, 3.63) is 34.5 Å². The second-order valence-corrected chi connectivity index (χ2v) is 5.51. The highest BCUT2D eigenvalue weighted by Gasteiger charge is 2.24. The van der Waals surface area contributed by atoms with Gasteiger partial charge in [0.05, 0.1) is 39.4 Å². The number of rotatable bonds is 5.